The van der Waals surface area contributed by atoms with E-state index in [1.807, 2.05) is 0 Å². The minimum atomic E-state index is -4.86. The first kappa shape index (κ1) is 13.2. The van der Waals surface area contributed by atoms with Crippen molar-refractivity contribution >= 4 is 28.9 Å². The van der Waals surface area contributed by atoms with E-state index in [1.165, 1.54) is 6.07 Å². The molecule has 0 atom stereocenters. The third-order valence-corrected chi connectivity index (χ3v) is 2.35. The maximum atomic E-state index is 12.0. The Hall–Kier alpha value is -0.900. The zero-order valence-electron chi connectivity index (χ0n) is 7.71. The van der Waals surface area contributed by atoms with Gasteiger partial charge in [0.05, 0.1) is 9.26 Å². The predicted molar refractivity (Wildman–Crippen MR) is 56.9 cm³/mol. The fourth-order valence-corrected chi connectivity index (χ4v) is 1.72. The average Bonchev–Trinajstić information content (AvgIpc) is 2.19. The summed E-state index contributed by atoms with van der Waals surface area (Å²) in [6, 6.07) is 1.33. The van der Waals surface area contributed by atoms with Crippen molar-refractivity contribution in [3.63, 3.8) is 0 Å². The summed E-state index contributed by atoms with van der Waals surface area (Å²) in [5.41, 5.74) is 5.18. The number of aromatic nitrogens is 1. The molecular weight excluding hydrogens is 340 g/mol. The quantitative estimate of drug-likeness (QED) is 0.670. The highest BCUT2D eigenvalue weighted by molar-refractivity contribution is 14.1. The molecule has 0 aliphatic rings. The van der Waals surface area contributed by atoms with Gasteiger partial charge in [0.25, 0.3) is 0 Å². The molecule has 0 aliphatic heterocycles. The van der Waals surface area contributed by atoms with E-state index in [0.717, 1.165) is 0 Å². The fraction of sp³-hybridized carbons (Fsp3) is 0.250. The largest absolute Gasteiger partial charge is 0.573 e. The van der Waals surface area contributed by atoms with Crippen LogP contribution in [-0.2, 0) is 6.54 Å². The van der Waals surface area contributed by atoms with Crippen molar-refractivity contribution in [3.05, 3.63) is 21.0 Å². The second-order valence-electron chi connectivity index (χ2n) is 2.68. The van der Waals surface area contributed by atoms with Gasteiger partial charge < -0.3 is 10.5 Å². The lowest BCUT2D eigenvalue weighted by Gasteiger charge is -2.12. The van der Waals surface area contributed by atoms with Gasteiger partial charge in [0.15, 0.2) is 12.0 Å². The number of hydrogen-bond acceptors (Lipinski definition) is 4. The highest BCUT2D eigenvalue weighted by atomic mass is 127. The molecule has 0 fully saturated rings. The topological polar surface area (TPSA) is 65.2 Å². The Bertz CT molecular complexity index is 409. The van der Waals surface area contributed by atoms with E-state index in [0.29, 0.717) is 5.69 Å². The summed E-state index contributed by atoms with van der Waals surface area (Å²) < 4.78 is 39.9. The molecule has 1 aromatic rings. The van der Waals surface area contributed by atoms with Crippen molar-refractivity contribution in [1.82, 2.24) is 4.98 Å². The van der Waals surface area contributed by atoms with Gasteiger partial charge in [0.2, 0.25) is 0 Å². The Balaban J connectivity index is 3.22. The van der Waals surface area contributed by atoms with Crippen LogP contribution in [0.2, 0.25) is 0 Å². The Kier molecular flexibility index (Phi) is 4.08. The zero-order valence-corrected chi connectivity index (χ0v) is 9.87. The van der Waals surface area contributed by atoms with Gasteiger partial charge in [-0.15, -0.1) is 13.2 Å². The molecule has 0 bridgehead atoms. The van der Waals surface area contributed by atoms with Crippen LogP contribution in [0.1, 0.15) is 16.2 Å². The molecule has 0 radical (unpaired) electrons. The molecule has 1 heterocycles. The van der Waals surface area contributed by atoms with Gasteiger partial charge in [-0.25, -0.2) is 4.98 Å². The number of nitrogens with two attached hydrogens (primary N) is 1. The molecule has 1 aromatic heterocycles. The smallest absolute Gasteiger partial charge is 0.402 e. The van der Waals surface area contributed by atoms with Crippen LogP contribution >= 0.6 is 22.6 Å². The number of halogens is 4. The molecule has 0 aliphatic carbocycles. The number of nitrogens with zero attached hydrogens (tertiary/aromatic N) is 1. The van der Waals surface area contributed by atoms with E-state index in [-0.39, 0.29) is 16.4 Å². The second-order valence-corrected chi connectivity index (χ2v) is 3.84. The SMILES string of the molecule is NCc1cc(I)c(OC(F)(F)F)c(C=O)n1. The first-order valence-electron chi connectivity index (χ1n) is 3.97. The lowest BCUT2D eigenvalue weighted by Crippen LogP contribution is -2.20. The first-order chi connectivity index (χ1) is 7.37. The minimum Gasteiger partial charge on any atom is -0.402 e. The molecule has 0 aromatic carbocycles. The van der Waals surface area contributed by atoms with Gasteiger partial charge in [-0.2, -0.15) is 0 Å². The number of carbonyl (C=O) groups excluding carboxylic acids is 1. The maximum Gasteiger partial charge on any atom is 0.573 e. The number of pyridine rings is 1. The first-order valence-corrected chi connectivity index (χ1v) is 5.05. The molecule has 0 amide bonds. The van der Waals surface area contributed by atoms with Crippen LogP contribution < -0.4 is 10.5 Å². The predicted octanol–water partition coefficient (Wildman–Crippen LogP) is 1.86. The molecule has 1 rings (SSSR count). The Morgan fingerprint density at radius 3 is 2.62 bits per heavy atom. The number of carbonyl (C=O) groups is 1. The maximum absolute atomic E-state index is 12.0. The third-order valence-electron chi connectivity index (χ3n) is 1.55. The van der Waals surface area contributed by atoms with Crippen LogP contribution in [0, 0.1) is 3.57 Å². The average molecular weight is 346 g/mol. The summed E-state index contributed by atoms with van der Waals surface area (Å²) in [4.78, 5) is 14.2. The number of rotatable bonds is 3. The van der Waals surface area contributed by atoms with Gasteiger partial charge >= 0.3 is 6.36 Å². The monoisotopic (exact) mass is 346 g/mol. The van der Waals surface area contributed by atoms with E-state index < -0.39 is 17.8 Å². The van der Waals surface area contributed by atoms with E-state index in [2.05, 4.69) is 9.72 Å². The van der Waals surface area contributed by atoms with Crippen molar-refractivity contribution < 1.29 is 22.7 Å². The van der Waals surface area contributed by atoms with Crippen LogP contribution in [0.4, 0.5) is 13.2 Å². The van der Waals surface area contributed by atoms with E-state index in [9.17, 15) is 18.0 Å². The number of hydrogen-bond donors (Lipinski definition) is 1. The number of alkyl halides is 3. The molecule has 88 valence electrons. The van der Waals surface area contributed by atoms with Crippen LogP contribution in [0.15, 0.2) is 6.07 Å². The molecule has 4 nitrogen and oxygen atoms in total. The van der Waals surface area contributed by atoms with Crippen molar-refractivity contribution in [3.8, 4) is 5.75 Å². The highest BCUT2D eigenvalue weighted by Crippen LogP contribution is 2.30. The van der Waals surface area contributed by atoms with Crippen molar-refractivity contribution in [2.45, 2.75) is 12.9 Å². The summed E-state index contributed by atoms with van der Waals surface area (Å²) in [5, 5.41) is 0. The molecular formula is C8H6F3IN2O2. The van der Waals surface area contributed by atoms with Crippen LogP contribution in [0.25, 0.3) is 0 Å². The molecule has 0 spiro atoms. The zero-order chi connectivity index (χ0) is 12.3. The Labute approximate surface area is 102 Å². The number of ether oxygens (including phenoxy) is 1. The minimum absolute atomic E-state index is 0.0309. The van der Waals surface area contributed by atoms with Crippen molar-refractivity contribution in [2.24, 2.45) is 5.73 Å². The van der Waals surface area contributed by atoms with E-state index in [4.69, 9.17) is 5.73 Å². The molecule has 0 unspecified atom stereocenters. The standard InChI is InChI=1S/C8H6F3IN2O2/c9-8(10,11)16-7-5(12)1-4(2-13)14-6(7)3-15/h1,3H,2,13H2. The molecule has 2 N–H and O–H groups in total. The van der Waals surface area contributed by atoms with E-state index >= 15 is 0 Å². The van der Waals surface area contributed by atoms with Gasteiger partial charge in [-0.1, -0.05) is 0 Å². The van der Waals surface area contributed by atoms with Crippen LogP contribution in [0.5, 0.6) is 5.75 Å². The van der Waals surface area contributed by atoms with Crippen LogP contribution in [-0.4, -0.2) is 17.6 Å². The summed E-state index contributed by atoms with van der Waals surface area (Å²) in [6.07, 6.45) is -4.66. The number of aldehydes is 1. The second kappa shape index (κ2) is 4.95. The fourth-order valence-electron chi connectivity index (χ4n) is 0.973. The Morgan fingerprint density at radius 2 is 2.19 bits per heavy atom. The molecule has 0 saturated carbocycles. The van der Waals surface area contributed by atoms with Gasteiger partial charge in [-0.05, 0) is 28.7 Å². The lowest BCUT2D eigenvalue weighted by atomic mass is 10.3. The Morgan fingerprint density at radius 1 is 1.56 bits per heavy atom. The van der Waals surface area contributed by atoms with Gasteiger partial charge in [0, 0.05) is 6.54 Å². The highest BCUT2D eigenvalue weighted by Gasteiger charge is 2.33. The molecule has 0 saturated heterocycles. The van der Waals surface area contributed by atoms with Crippen molar-refractivity contribution in [1.29, 1.82) is 0 Å². The molecule has 8 heteroatoms. The van der Waals surface area contributed by atoms with Crippen molar-refractivity contribution in [2.75, 3.05) is 0 Å². The lowest BCUT2D eigenvalue weighted by molar-refractivity contribution is -0.275. The summed E-state index contributed by atoms with van der Waals surface area (Å²) in [6.45, 7) is 0.0309. The summed E-state index contributed by atoms with van der Waals surface area (Å²) in [5.74, 6) is -0.597. The third kappa shape index (κ3) is 3.30. The summed E-state index contributed by atoms with van der Waals surface area (Å²) >= 11 is 1.62. The molecule has 16 heavy (non-hydrogen) atoms. The van der Waals surface area contributed by atoms with Gasteiger partial charge in [-0.3, -0.25) is 4.79 Å². The summed E-state index contributed by atoms with van der Waals surface area (Å²) in [7, 11) is 0. The van der Waals surface area contributed by atoms with E-state index in [1.54, 1.807) is 22.6 Å². The normalized spacial score (nSPS) is 11.3. The van der Waals surface area contributed by atoms with Crippen LogP contribution in [0.3, 0.4) is 0 Å². The van der Waals surface area contributed by atoms with Gasteiger partial charge in [0.1, 0.15) is 5.69 Å².